The van der Waals surface area contributed by atoms with Gasteiger partial charge in [-0.3, -0.25) is 19.2 Å². The maximum atomic E-state index is 13.4. The van der Waals surface area contributed by atoms with E-state index in [9.17, 15) is 19.2 Å². The maximum Gasteiger partial charge on any atom is 0.262 e. The van der Waals surface area contributed by atoms with Crippen LogP contribution in [0.2, 0.25) is 0 Å². The van der Waals surface area contributed by atoms with Crippen molar-refractivity contribution in [3.63, 3.8) is 0 Å². The number of anilines is 2. The molecule has 1 saturated heterocycles. The normalized spacial score (nSPS) is 15.8. The number of fused-ring (bicyclic) bond motifs is 1. The van der Waals surface area contributed by atoms with Crippen LogP contribution in [0.5, 0.6) is 5.75 Å². The molecule has 2 aliphatic heterocycles. The summed E-state index contributed by atoms with van der Waals surface area (Å²) in [5.41, 5.74) is 3.55. The molecule has 3 aromatic rings. The molecule has 3 N–H and O–H groups in total. The molecule has 3 aromatic carbocycles. The Morgan fingerprint density at radius 3 is 2.26 bits per heavy atom. The second kappa shape index (κ2) is 14.6. The van der Waals surface area contributed by atoms with Gasteiger partial charge in [-0.05, 0) is 92.3 Å². The van der Waals surface area contributed by atoms with Crippen LogP contribution in [0.15, 0.2) is 66.7 Å². The molecule has 11 nitrogen and oxygen atoms in total. The number of ether oxygens (including phenoxy) is 3. The lowest BCUT2D eigenvalue weighted by Crippen LogP contribution is -2.33. The first-order valence-electron chi connectivity index (χ1n) is 15.8. The van der Waals surface area contributed by atoms with Crippen LogP contribution in [0, 0.1) is 0 Å². The lowest BCUT2D eigenvalue weighted by atomic mass is 10.1. The van der Waals surface area contributed by atoms with Crippen molar-refractivity contribution in [1.82, 2.24) is 10.2 Å². The van der Waals surface area contributed by atoms with Crippen LogP contribution in [0.1, 0.15) is 75.2 Å². The average molecular weight is 627 g/mol. The molecule has 6 rings (SSSR count). The highest BCUT2D eigenvalue weighted by atomic mass is 16.7. The first-order chi connectivity index (χ1) is 22.4. The Kier molecular flexibility index (Phi) is 9.90. The van der Waals surface area contributed by atoms with Crippen molar-refractivity contribution in [1.29, 1.82) is 0 Å². The molecule has 0 spiro atoms. The summed E-state index contributed by atoms with van der Waals surface area (Å²) >= 11 is 0. The quantitative estimate of drug-likeness (QED) is 0.233. The van der Waals surface area contributed by atoms with Crippen molar-refractivity contribution >= 4 is 35.0 Å². The molecule has 240 valence electrons. The van der Waals surface area contributed by atoms with Crippen molar-refractivity contribution in [3.8, 4) is 5.75 Å². The SMILES string of the molecule is O=C1COc2cc(C(=O)N(Cc3ccc(C(=O)Nc4ccc(C(=O)NCCCCCC5OCCO5)cc4)cc3)C3CC3)ccc2N1. The number of hydrogen-bond acceptors (Lipinski definition) is 7. The van der Waals surface area contributed by atoms with Crippen LogP contribution in [-0.4, -0.2) is 67.2 Å². The Bertz CT molecular complexity index is 1560. The van der Waals surface area contributed by atoms with Gasteiger partial charge in [-0.25, -0.2) is 0 Å². The molecular weight excluding hydrogens is 588 g/mol. The first-order valence-corrected chi connectivity index (χ1v) is 15.8. The summed E-state index contributed by atoms with van der Waals surface area (Å²) in [6, 6.07) is 19.2. The monoisotopic (exact) mass is 626 g/mol. The molecule has 11 heteroatoms. The van der Waals surface area contributed by atoms with Crippen LogP contribution >= 0.6 is 0 Å². The molecule has 1 saturated carbocycles. The highest BCUT2D eigenvalue weighted by Gasteiger charge is 2.33. The van der Waals surface area contributed by atoms with E-state index in [1.165, 1.54) is 0 Å². The highest BCUT2D eigenvalue weighted by Crippen LogP contribution is 2.33. The Morgan fingerprint density at radius 2 is 1.52 bits per heavy atom. The molecule has 0 bridgehead atoms. The van der Waals surface area contributed by atoms with E-state index in [2.05, 4.69) is 16.0 Å². The maximum absolute atomic E-state index is 13.4. The fraction of sp³-hybridized carbons (Fsp3) is 0.371. The smallest absolute Gasteiger partial charge is 0.262 e. The number of carbonyl (C=O) groups is 4. The number of rotatable bonds is 13. The number of carbonyl (C=O) groups excluding carboxylic acids is 4. The van der Waals surface area contributed by atoms with Crippen molar-refractivity contribution in [2.75, 3.05) is 37.0 Å². The molecular formula is C35H38N4O7. The number of nitrogens with one attached hydrogen (secondary N) is 3. The van der Waals surface area contributed by atoms with Gasteiger partial charge in [0.1, 0.15) is 5.75 Å². The van der Waals surface area contributed by atoms with Crippen LogP contribution in [-0.2, 0) is 20.8 Å². The molecule has 0 unspecified atom stereocenters. The highest BCUT2D eigenvalue weighted by molar-refractivity contribution is 6.04. The molecule has 0 atom stereocenters. The predicted octanol–water partition coefficient (Wildman–Crippen LogP) is 4.74. The fourth-order valence-corrected chi connectivity index (χ4v) is 5.48. The molecule has 0 radical (unpaired) electrons. The Balaban J connectivity index is 0.969. The van der Waals surface area contributed by atoms with Crippen molar-refractivity contribution in [3.05, 3.63) is 89.0 Å². The topological polar surface area (TPSA) is 135 Å². The number of unbranched alkanes of at least 4 members (excludes halogenated alkanes) is 2. The lowest BCUT2D eigenvalue weighted by Gasteiger charge is -2.24. The van der Waals surface area contributed by atoms with E-state index in [4.69, 9.17) is 14.2 Å². The predicted molar refractivity (Wildman–Crippen MR) is 171 cm³/mol. The van der Waals surface area contributed by atoms with Gasteiger partial charge in [0.2, 0.25) is 0 Å². The van der Waals surface area contributed by atoms with Crippen molar-refractivity contribution < 1.29 is 33.4 Å². The molecule has 2 fully saturated rings. The Labute approximate surface area is 267 Å². The zero-order chi connectivity index (χ0) is 31.9. The minimum atomic E-state index is -0.270. The van der Waals surface area contributed by atoms with E-state index < -0.39 is 0 Å². The second-order valence-electron chi connectivity index (χ2n) is 11.7. The lowest BCUT2D eigenvalue weighted by molar-refractivity contribution is -0.118. The molecule has 0 aromatic heterocycles. The first kappa shape index (κ1) is 31.3. The van der Waals surface area contributed by atoms with Crippen molar-refractivity contribution in [2.24, 2.45) is 0 Å². The standard InChI is InChI=1S/C35H38N4O7/c40-31-22-46-30-20-26(11-16-29(30)38-31)35(43)39(28-14-15-28)21-23-5-7-25(8-6-23)34(42)37-27-12-9-24(10-13-27)33(41)36-17-3-1-2-4-32-44-18-19-45-32/h5-13,16,20,28,32H,1-4,14-15,17-19,21-22H2,(H,36,41)(H,37,42)(H,38,40). The number of amides is 4. The fourth-order valence-electron chi connectivity index (χ4n) is 5.48. The minimum absolute atomic E-state index is 0.0753. The Hall–Kier alpha value is -4.74. The number of nitrogens with zero attached hydrogens (tertiary/aromatic N) is 1. The van der Waals surface area contributed by atoms with Gasteiger partial charge in [-0.15, -0.1) is 0 Å². The third-order valence-electron chi connectivity index (χ3n) is 8.18. The average Bonchev–Trinajstić information content (AvgIpc) is 3.79. The summed E-state index contributed by atoms with van der Waals surface area (Å²) in [6.45, 7) is 2.26. The summed E-state index contributed by atoms with van der Waals surface area (Å²) in [5.74, 6) is -0.264. The van der Waals surface area contributed by atoms with E-state index in [0.717, 1.165) is 44.1 Å². The van der Waals surface area contributed by atoms with Gasteiger partial charge in [0.05, 0.1) is 18.9 Å². The number of benzene rings is 3. The van der Waals surface area contributed by atoms with Gasteiger partial charge in [-0.1, -0.05) is 18.6 Å². The van der Waals surface area contributed by atoms with Crippen LogP contribution in [0.4, 0.5) is 11.4 Å². The van der Waals surface area contributed by atoms with E-state index in [0.29, 0.717) is 60.1 Å². The third-order valence-corrected chi connectivity index (χ3v) is 8.18. The Morgan fingerprint density at radius 1 is 0.826 bits per heavy atom. The van der Waals surface area contributed by atoms with E-state index >= 15 is 0 Å². The van der Waals surface area contributed by atoms with Crippen LogP contribution in [0.3, 0.4) is 0 Å². The third kappa shape index (κ3) is 8.09. The molecule has 46 heavy (non-hydrogen) atoms. The summed E-state index contributed by atoms with van der Waals surface area (Å²) in [7, 11) is 0. The van der Waals surface area contributed by atoms with Crippen molar-refractivity contribution in [2.45, 2.75) is 57.4 Å². The minimum Gasteiger partial charge on any atom is -0.482 e. The van der Waals surface area contributed by atoms with Gasteiger partial charge in [0.15, 0.2) is 12.9 Å². The number of hydrogen-bond donors (Lipinski definition) is 3. The molecule has 2 heterocycles. The van der Waals surface area contributed by atoms with E-state index in [1.54, 1.807) is 54.6 Å². The van der Waals surface area contributed by atoms with Crippen LogP contribution in [0.25, 0.3) is 0 Å². The van der Waals surface area contributed by atoms with Gasteiger partial charge < -0.3 is 35.1 Å². The van der Waals surface area contributed by atoms with Gasteiger partial charge in [0, 0.05) is 41.5 Å². The molecule has 3 aliphatic rings. The van der Waals surface area contributed by atoms with E-state index in [1.807, 2.05) is 17.0 Å². The van der Waals surface area contributed by atoms with Gasteiger partial charge in [-0.2, -0.15) is 0 Å². The summed E-state index contributed by atoms with van der Waals surface area (Å²) in [4.78, 5) is 52.3. The summed E-state index contributed by atoms with van der Waals surface area (Å²) in [6.07, 6.45) is 5.54. The molecule has 1 aliphatic carbocycles. The van der Waals surface area contributed by atoms with Crippen LogP contribution < -0.4 is 20.7 Å². The van der Waals surface area contributed by atoms with Gasteiger partial charge in [0.25, 0.3) is 23.6 Å². The zero-order valence-electron chi connectivity index (χ0n) is 25.6. The largest absolute Gasteiger partial charge is 0.482 e. The molecule has 4 amide bonds. The zero-order valence-corrected chi connectivity index (χ0v) is 25.6. The van der Waals surface area contributed by atoms with E-state index in [-0.39, 0.29) is 42.6 Å². The van der Waals surface area contributed by atoms with Gasteiger partial charge >= 0.3 is 0 Å². The second-order valence-corrected chi connectivity index (χ2v) is 11.7. The summed E-state index contributed by atoms with van der Waals surface area (Å²) in [5, 5.41) is 8.56. The summed E-state index contributed by atoms with van der Waals surface area (Å²) < 4.78 is 16.4.